The van der Waals surface area contributed by atoms with Crippen molar-refractivity contribution in [2.75, 3.05) is 0 Å². The van der Waals surface area contributed by atoms with Crippen molar-refractivity contribution in [2.45, 2.75) is 26.2 Å². The highest BCUT2D eigenvalue weighted by Gasteiger charge is 2.13. The monoisotopic (exact) mass is 280 g/mol. The lowest BCUT2D eigenvalue weighted by molar-refractivity contribution is 0.627. The van der Waals surface area contributed by atoms with Gasteiger partial charge in [0.15, 0.2) is 0 Å². The second-order valence-electron chi connectivity index (χ2n) is 5.32. The van der Waals surface area contributed by atoms with E-state index in [-0.39, 0.29) is 11.7 Å². The summed E-state index contributed by atoms with van der Waals surface area (Å²) in [5.41, 5.74) is 4.82. The second-order valence-corrected chi connectivity index (χ2v) is 5.32. The Labute approximate surface area is 126 Å². The quantitative estimate of drug-likeness (QED) is 0.598. The molecule has 0 aliphatic carbocycles. The lowest BCUT2D eigenvalue weighted by Crippen LogP contribution is -1.98. The van der Waals surface area contributed by atoms with Crippen molar-refractivity contribution < 1.29 is 4.39 Å². The first-order chi connectivity index (χ1) is 10.1. The van der Waals surface area contributed by atoms with E-state index in [0.717, 1.165) is 12.0 Å². The van der Waals surface area contributed by atoms with E-state index in [4.69, 9.17) is 0 Å². The first kappa shape index (κ1) is 15.2. The standard InChI is InChI=1S/C20H21F/c1-4-5-6-20(18-9-7-15(2)8-10-18)16(3)17-11-13-19(21)14-12-17/h4,6-14,16H,1,5H2,2-3H3/b20-6+. The van der Waals surface area contributed by atoms with Crippen LogP contribution in [0.3, 0.4) is 0 Å². The fraction of sp³-hybridized carbons (Fsp3) is 0.200. The zero-order valence-corrected chi connectivity index (χ0v) is 12.6. The molecule has 1 heteroatoms. The molecule has 2 aromatic carbocycles. The zero-order valence-electron chi connectivity index (χ0n) is 12.6. The van der Waals surface area contributed by atoms with Crippen molar-refractivity contribution in [1.29, 1.82) is 0 Å². The maximum absolute atomic E-state index is 13.1. The van der Waals surface area contributed by atoms with Crippen molar-refractivity contribution in [3.05, 3.63) is 89.8 Å². The molecule has 1 atom stereocenters. The molecule has 0 amide bonds. The third kappa shape index (κ3) is 3.91. The average molecular weight is 280 g/mol. The maximum atomic E-state index is 13.1. The average Bonchev–Trinajstić information content (AvgIpc) is 2.50. The summed E-state index contributed by atoms with van der Waals surface area (Å²) < 4.78 is 13.1. The molecule has 0 heterocycles. The van der Waals surface area contributed by atoms with E-state index in [2.05, 4.69) is 50.8 Å². The maximum Gasteiger partial charge on any atom is 0.123 e. The van der Waals surface area contributed by atoms with Crippen molar-refractivity contribution in [3.8, 4) is 0 Å². The molecule has 2 aromatic rings. The minimum atomic E-state index is -0.196. The van der Waals surface area contributed by atoms with Gasteiger partial charge in [-0.1, -0.05) is 61.0 Å². The van der Waals surface area contributed by atoms with Gasteiger partial charge >= 0.3 is 0 Å². The van der Waals surface area contributed by atoms with Crippen LogP contribution in [0.4, 0.5) is 4.39 Å². The van der Waals surface area contributed by atoms with E-state index >= 15 is 0 Å². The molecule has 0 saturated heterocycles. The van der Waals surface area contributed by atoms with Gasteiger partial charge < -0.3 is 0 Å². The lowest BCUT2D eigenvalue weighted by atomic mass is 9.87. The molecule has 0 saturated carbocycles. The summed E-state index contributed by atoms with van der Waals surface area (Å²) in [5, 5.41) is 0. The molecule has 0 spiro atoms. The summed E-state index contributed by atoms with van der Waals surface area (Å²) in [7, 11) is 0. The summed E-state index contributed by atoms with van der Waals surface area (Å²) in [6.07, 6.45) is 4.92. The topological polar surface area (TPSA) is 0 Å². The van der Waals surface area contributed by atoms with Crippen LogP contribution >= 0.6 is 0 Å². The second kappa shape index (κ2) is 7.03. The first-order valence-corrected chi connectivity index (χ1v) is 7.25. The van der Waals surface area contributed by atoms with Gasteiger partial charge in [-0.3, -0.25) is 0 Å². The van der Waals surface area contributed by atoms with Gasteiger partial charge in [-0.25, -0.2) is 4.39 Å². The van der Waals surface area contributed by atoms with Crippen LogP contribution in [0.15, 0.2) is 67.3 Å². The zero-order chi connectivity index (χ0) is 15.2. The van der Waals surface area contributed by atoms with Crippen molar-refractivity contribution >= 4 is 5.57 Å². The third-order valence-corrected chi connectivity index (χ3v) is 3.73. The van der Waals surface area contributed by atoms with E-state index in [1.807, 2.05) is 18.2 Å². The lowest BCUT2D eigenvalue weighted by Gasteiger charge is -2.17. The molecule has 0 fully saturated rings. The predicted octanol–water partition coefficient (Wildman–Crippen LogP) is 5.90. The van der Waals surface area contributed by atoms with E-state index in [9.17, 15) is 4.39 Å². The summed E-state index contributed by atoms with van der Waals surface area (Å²) in [6, 6.07) is 15.3. The fourth-order valence-electron chi connectivity index (χ4n) is 2.43. The molecule has 1 unspecified atom stereocenters. The predicted molar refractivity (Wildman–Crippen MR) is 88.8 cm³/mol. The minimum Gasteiger partial charge on any atom is -0.207 e. The molecular weight excluding hydrogens is 259 g/mol. The van der Waals surface area contributed by atoms with Crippen LogP contribution in [0.2, 0.25) is 0 Å². The van der Waals surface area contributed by atoms with E-state index in [0.29, 0.717) is 0 Å². The van der Waals surface area contributed by atoms with Gasteiger partial charge in [0.2, 0.25) is 0 Å². The molecule has 0 aliphatic heterocycles. The van der Waals surface area contributed by atoms with Crippen LogP contribution in [-0.4, -0.2) is 0 Å². The van der Waals surface area contributed by atoms with E-state index < -0.39 is 0 Å². The Morgan fingerprint density at radius 2 is 1.71 bits per heavy atom. The number of rotatable bonds is 5. The highest BCUT2D eigenvalue weighted by Crippen LogP contribution is 2.32. The Bertz CT molecular complexity index is 618. The minimum absolute atomic E-state index is 0.196. The molecular formula is C20H21F. The number of benzene rings is 2. The van der Waals surface area contributed by atoms with Gasteiger partial charge in [0.25, 0.3) is 0 Å². The SMILES string of the molecule is C=CC/C=C(/c1ccc(C)cc1)C(C)c1ccc(F)cc1. The molecule has 0 N–H and O–H groups in total. The number of aryl methyl sites for hydroxylation is 1. The van der Waals surface area contributed by atoms with Gasteiger partial charge in [0, 0.05) is 5.92 Å². The summed E-state index contributed by atoms with van der Waals surface area (Å²) in [5.74, 6) is 0.0196. The Kier molecular flexibility index (Phi) is 5.10. The number of hydrogen-bond donors (Lipinski definition) is 0. The molecule has 21 heavy (non-hydrogen) atoms. The molecule has 0 radical (unpaired) electrons. The first-order valence-electron chi connectivity index (χ1n) is 7.25. The van der Waals surface area contributed by atoms with Crippen LogP contribution in [0.1, 0.15) is 36.0 Å². The van der Waals surface area contributed by atoms with Crippen molar-refractivity contribution in [2.24, 2.45) is 0 Å². The Morgan fingerprint density at radius 1 is 1.10 bits per heavy atom. The van der Waals surface area contributed by atoms with Crippen molar-refractivity contribution in [3.63, 3.8) is 0 Å². The number of halogens is 1. The molecule has 108 valence electrons. The molecule has 2 rings (SSSR count). The Morgan fingerprint density at radius 3 is 2.29 bits per heavy atom. The highest BCUT2D eigenvalue weighted by molar-refractivity contribution is 5.71. The van der Waals surface area contributed by atoms with Gasteiger partial charge in [-0.2, -0.15) is 0 Å². The van der Waals surface area contributed by atoms with Crippen LogP contribution < -0.4 is 0 Å². The van der Waals surface area contributed by atoms with Crippen molar-refractivity contribution in [1.82, 2.24) is 0 Å². The van der Waals surface area contributed by atoms with Crippen LogP contribution in [-0.2, 0) is 0 Å². The summed E-state index contributed by atoms with van der Waals surface area (Å²) >= 11 is 0. The van der Waals surface area contributed by atoms with Crippen LogP contribution in [0, 0.1) is 12.7 Å². The van der Waals surface area contributed by atoms with Gasteiger partial charge in [0.05, 0.1) is 0 Å². The van der Waals surface area contributed by atoms with E-state index in [1.54, 1.807) is 0 Å². The summed E-state index contributed by atoms with van der Waals surface area (Å²) in [4.78, 5) is 0. The van der Waals surface area contributed by atoms with E-state index in [1.165, 1.54) is 28.8 Å². The fourth-order valence-corrected chi connectivity index (χ4v) is 2.43. The smallest absolute Gasteiger partial charge is 0.123 e. The highest BCUT2D eigenvalue weighted by atomic mass is 19.1. The van der Waals surface area contributed by atoms with Gasteiger partial charge in [0.1, 0.15) is 5.82 Å². The molecule has 0 bridgehead atoms. The molecule has 0 aliphatic rings. The Balaban J connectivity index is 2.37. The molecule has 0 aromatic heterocycles. The van der Waals surface area contributed by atoms with Gasteiger partial charge in [-0.05, 0) is 42.2 Å². The number of hydrogen-bond acceptors (Lipinski definition) is 0. The van der Waals surface area contributed by atoms with Crippen LogP contribution in [0.25, 0.3) is 5.57 Å². The Hall–Kier alpha value is -2.15. The normalized spacial score (nSPS) is 13.0. The molecule has 0 nitrogen and oxygen atoms in total. The summed E-state index contributed by atoms with van der Waals surface area (Å²) in [6.45, 7) is 8.03. The third-order valence-electron chi connectivity index (χ3n) is 3.73. The number of allylic oxidation sites excluding steroid dienone is 3. The largest absolute Gasteiger partial charge is 0.207 e. The van der Waals surface area contributed by atoms with Crippen LogP contribution in [0.5, 0.6) is 0 Å². The van der Waals surface area contributed by atoms with Gasteiger partial charge in [-0.15, -0.1) is 6.58 Å².